The van der Waals surface area contributed by atoms with Gasteiger partial charge in [0, 0.05) is 4.88 Å². The van der Waals surface area contributed by atoms with Crippen molar-refractivity contribution < 1.29 is 5.11 Å². The molecular weight excluding hydrogens is 192 g/mol. The summed E-state index contributed by atoms with van der Waals surface area (Å²) < 4.78 is 0. The molecule has 2 heteroatoms. The van der Waals surface area contributed by atoms with Crippen molar-refractivity contribution in [2.24, 2.45) is 5.92 Å². The molecular formula is C12H18OS. The first-order chi connectivity index (χ1) is 6.68. The fourth-order valence-corrected chi connectivity index (χ4v) is 3.85. The van der Waals surface area contributed by atoms with Gasteiger partial charge in [0.25, 0.3) is 0 Å². The minimum atomic E-state index is -0.507. The second-order valence-electron chi connectivity index (χ2n) is 4.35. The molecule has 0 spiro atoms. The normalized spacial score (nSPS) is 32.4. The van der Waals surface area contributed by atoms with E-state index in [0.29, 0.717) is 5.92 Å². The molecule has 1 nitrogen and oxygen atoms in total. The van der Waals surface area contributed by atoms with Gasteiger partial charge in [-0.2, -0.15) is 0 Å². The molecule has 14 heavy (non-hydrogen) atoms. The molecule has 0 radical (unpaired) electrons. The van der Waals surface area contributed by atoms with E-state index in [1.807, 2.05) is 0 Å². The van der Waals surface area contributed by atoms with Crippen LogP contribution in [0.25, 0.3) is 0 Å². The van der Waals surface area contributed by atoms with Crippen LogP contribution in [0, 0.1) is 12.8 Å². The van der Waals surface area contributed by atoms with Crippen molar-refractivity contribution in [3.8, 4) is 0 Å². The molecule has 2 rings (SSSR count). The summed E-state index contributed by atoms with van der Waals surface area (Å²) in [4.78, 5) is 1.21. The maximum Gasteiger partial charge on any atom is 0.102 e. The second-order valence-corrected chi connectivity index (χ2v) is 5.27. The molecule has 0 bridgehead atoms. The summed E-state index contributed by atoms with van der Waals surface area (Å²) >= 11 is 1.71. The van der Waals surface area contributed by atoms with Gasteiger partial charge >= 0.3 is 0 Å². The lowest BCUT2D eigenvalue weighted by molar-refractivity contribution is -0.000849. The zero-order valence-electron chi connectivity index (χ0n) is 8.92. The van der Waals surface area contributed by atoms with Gasteiger partial charge in [0.1, 0.15) is 5.60 Å². The molecule has 1 N–H and O–H groups in total. The summed E-state index contributed by atoms with van der Waals surface area (Å²) in [7, 11) is 0. The summed E-state index contributed by atoms with van der Waals surface area (Å²) in [6.07, 6.45) is 4.40. The maximum absolute atomic E-state index is 10.7. The SMILES string of the molecule is CCC1CCCC1(O)c1sccc1C. The van der Waals surface area contributed by atoms with E-state index in [-0.39, 0.29) is 0 Å². The highest BCUT2D eigenvalue weighted by Crippen LogP contribution is 2.47. The van der Waals surface area contributed by atoms with E-state index >= 15 is 0 Å². The van der Waals surface area contributed by atoms with Crippen LogP contribution in [-0.4, -0.2) is 5.11 Å². The monoisotopic (exact) mass is 210 g/mol. The lowest BCUT2D eigenvalue weighted by Gasteiger charge is -2.29. The van der Waals surface area contributed by atoms with E-state index < -0.39 is 5.60 Å². The predicted octanol–water partition coefficient (Wildman–Crippen LogP) is 3.45. The van der Waals surface area contributed by atoms with Gasteiger partial charge in [0.2, 0.25) is 0 Å². The van der Waals surface area contributed by atoms with E-state index in [1.165, 1.54) is 23.3 Å². The van der Waals surface area contributed by atoms with E-state index in [2.05, 4.69) is 25.3 Å². The summed E-state index contributed by atoms with van der Waals surface area (Å²) in [6, 6.07) is 2.11. The van der Waals surface area contributed by atoms with Crippen LogP contribution < -0.4 is 0 Å². The van der Waals surface area contributed by atoms with Gasteiger partial charge in [0.05, 0.1) is 0 Å². The predicted molar refractivity (Wildman–Crippen MR) is 60.6 cm³/mol. The van der Waals surface area contributed by atoms with Gasteiger partial charge in [-0.15, -0.1) is 11.3 Å². The Morgan fingerprint density at radius 2 is 2.43 bits per heavy atom. The summed E-state index contributed by atoms with van der Waals surface area (Å²) in [6.45, 7) is 4.29. The van der Waals surface area contributed by atoms with Crippen LogP contribution in [0.2, 0.25) is 0 Å². The van der Waals surface area contributed by atoms with Crippen LogP contribution in [-0.2, 0) is 5.60 Å². The maximum atomic E-state index is 10.7. The minimum absolute atomic E-state index is 0.472. The Kier molecular flexibility index (Phi) is 2.67. The largest absolute Gasteiger partial charge is 0.384 e. The van der Waals surface area contributed by atoms with Gasteiger partial charge in [-0.3, -0.25) is 0 Å². The van der Waals surface area contributed by atoms with Crippen molar-refractivity contribution in [2.45, 2.75) is 45.1 Å². The Morgan fingerprint density at radius 1 is 1.64 bits per heavy atom. The average molecular weight is 210 g/mol. The standard InChI is InChI=1S/C12H18OS/c1-3-10-5-4-7-12(10,13)11-9(2)6-8-14-11/h6,8,10,13H,3-5,7H2,1-2H3. The fraction of sp³-hybridized carbons (Fsp3) is 0.667. The molecule has 0 aliphatic heterocycles. The van der Waals surface area contributed by atoms with Crippen LogP contribution >= 0.6 is 11.3 Å². The summed E-state index contributed by atoms with van der Waals surface area (Å²) in [5.41, 5.74) is 0.755. The van der Waals surface area contributed by atoms with Gasteiger partial charge < -0.3 is 5.11 Å². The first-order valence-electron chi connectivity index (χ1n) is 5.45. The summed E-state index contributed by atoms with van der Waals surface area (Å²) in [5, 5.41) is 12.8. The summed E-state index contributed by atoms with van der Waals surface area (Å²) in [5.74, 6) is 0.472. The van der Waals surface area contributed by atoms with Crippen LogP contribution in [0.4, 0.5) is 0 Å². The Morgan fingerprint density at radius 3 is 3.00 bits per heavy atom. The highest BCUT2D eigenvalue weighted by atomic mass is 32.1. The molecule has 1 heterocycles. The average Bonchev–Trinajstić information content (AvgIpc) is 2.72. The molecule has 2 atom stereocenters. The molecule has 1 saturated carbocycles. The quantitative estimate of drug-likeness (QED) is 0.792. The molecule has 1 aromatic heterocycles. The Bertz CT molecular complexity index is 318. The number of hydrogen-bond donors (Lipinski definition) is 1. The first kappa shape index (κ1) is 10.2. The topological polar surface area (TPSA) is 20.2 Å². The van der Waals surface area contributed by atoms with Gasteiger partial charge in [-0.05, 0) is 49.1 Å². The molecule has 0 amide bonds. The fourth-order valence-electron chi connectivity index (χ4n) is 2.72. The number of aliphatic hydroxyl groups is 1. The van der Waals surface area contributed by atoms with Crippen LogP contribution in [0.3, 0.4) is 0 Å². The number of hydrogen-bond acceptors (Lipinski definition) is 2. The Labute approximate surface area is 89.8 Å². The molecule has 0 aromatic carbocycles. The number of aryl methyl sites for hydroxylation is 1. The van der Waals surface area contributed by atoms with E-state index in [1.54, 1.807) is 11.3 Å². The molecule has 78 valence electrons. The third-order valence-corrected chi connectivity index (χ3v) is 4.72. The van der Waals surface area contributed by atoms with E-state index in [9.17, 15) is 5.11 Å². The van der Waals surface area contributed by atoms with Crippen molar-refractivity contribution in [3.63, 3.8) is 0 Å². The zero-order chi connectivity index (χ0) is 10.2. The third kappa shape index (κ3) is 1.41. The first-order valence-corrected chi connectivity index (χ1v) is 6.33. The molecule has 1 aliphatic carbocycles. The Hall–Kier alpha value is -0.340. The zero-order valence-corrected chi connectivity index (χ0v) is 9.73. The van der Waals surface area contributed by atoms with Gasteiger partial charge in [-0.1, -0.05) is 13.3 Å². The highest BCUT2D eigenvalue weighted by molar-refractivity contribution is 7.10. The molecule has 1 fully saturated rings. The molecule has 2 unspecified atom stereocenters. The van der Waals surface area contributed by atoms with E-state index in [4.69, 9.17) is 0 Å². The Balaban J connectivity index is 2.36. The van der Waals surface area contributed by atoms with Gasteiger partial charge in [-0.25, -0.2) is 0 Å². The molecule has 1 aromatic rings. The minimum Gasteiger partial charge on any atom is -0.384 e. The van der Waals surface area contributed by atoms with Crippen molar-refractivity contribution >= 4 is 11.3 Å². The lowest BCUT2D eigenvalue weighted by atomic mass is 9.86. The number of thiophene rings is 1. The lowest BCUT2D eigenvalue weighted by Crippen LogP contribution is -2.29. The highest BCUT2D eigenvalue weighted by Gasteiger charge is 2.42. The molecule has 1 aliphatic rings. The van der Waals surface area contributed by atoms with Crippen molar-refractivity contribution in [3.05, 3.63) is 21.9 Å². The van der Waals surface area contributed by atoms with Gasteiger partial charge in [0.15, 0.2) is 0 Å². The van der Waals surface area contributed by atoms with Crippen molar-refractivity contribution in [1.29, 1.82) is 0 Å². The number of rotatable bonds is 2. The smallest absolute Gasteiger partial charge is 0.102 e. The molecule has 0 saturated heterocycles. The van der Waals surface area contributed by atoms with Crippen LogP contribution in [0.15, 0.2) is 11.4 Å². The second kappa shape index (κ2) is 3.67. The van der Waals surface area contributed by atoms with Crippen molar-refractivity contribution in [2.75, 3.05) is 0 Å². The third-order valence-electron chi connectivity index (χ3n) is 3.53. The van der Waals surface area contributed by atoms with E-state index in [0.717, 1.165) is 12.8 Å². The van der Waals surface area contributed by atoms with Crippen LogP contribution in [0.5, 0.6) is 0 Å². The van der Waals surface area contributed by atoms with Crippen molar-refractivity contribution in [1.82, 2.24) is 0 Å². The van der Waals surface area contributed by atoms with Crippen LogP contribution in [0.1, 0.15) is 43.0 Å².